The third kappa shape index (κ3) is 4.19. The van der Waals surface area contributed by atoms with Gasteiger partial charge in [0.15, 0.2) is 17.0 Å². The fraction of sp³-hybridized carbons (Fsp3) is 0.565. The van der Waals surface area contributed by atoms with Crippen LogP contribution in [0.1, 0.15) is 39.9 Å². The van der Waals surface area contributed by atoms with E-state index in [1.807, 2.05) is 25.3 Å². The number of aromatic nitrogens is 6. The van der Waals surface area contributed by atoms with Crippen LogP contribution >= 0.6 is 0 Å². The Labute approximate surface area is 197 Å². The van der Waals surface area contributed by atoms with E-state index in [9.17, 15) is 13.6 Å². The molecule has 1 unspecified atom stereocenters. The molecule has 0 aromatic carbocycles. The molecule has 1 fully saturated rings. The number of rotatable bonds is 6. The number of anilines is 1. The summed E-state index contributed by atoms with van der Waals surface area (Å²) in [6.07, 6.45) is 5.32. The molecular formula is C23H30F2N8O. The number of hydrogen-bond acceptors (Lipinski definition) is 7. The summed E-state index contributed by atoms with van der Waals surface area (Å²) in [5, 5.41) is 3.21. The van der Waals surface area contributed by atoms with Crippen molar-refractivity contribution in [2.75, 3.05) is 18.4 Å². The third-order valence-electron chi connectivity index (χ3n) is 6.52. The Morgan fingerprint density at radius 2 is 1.79 bits per heavy atom. The number of fused-ring (bicyclic) bond motifs is 1. The maximum absolute atomic E-state index is 14.3. The van der Waals surface area contributed by atoms with Crippen LogP contribution in [0.4, 0.5) is 14.6 Å². The molecule has 3 aromatic rings. The largest absolute Gasteiger partial charge is 0.356 e. The second-order valence-corrected chi connectivity index (χ2v) is 8.92. The van der Waals surface area contributed by atoms with Gasteiger partial charge in [-0.2, -0.15) is 0 Å². The van der Waals surface area contributed by atoms with Crippen molar-refractivity contribution in [1.29, 1.82) is 0 Å². The molecular weight excluding hydrogens is 442 g/mol. The highest BCUT2D eigenvalue weighted by Gasteiger charge is 2.48. The van der Waals surface area contributed by atoms with Gasteiger partial charge in [0.1, 0.15) is 24.0 Å². The zero-order valence-corrected chi connectivity index (χ0v) is 20.1. The highest BCUT2D eigenvalue weighted by atomic mass is 19.3. The molecule has 1 N–H and O–H groups in total. The van der Waals surface area contributed by atoms with E-state index in [1.165, 1.54) is 25.1 Å². The van der Waals surface area contributed by atoms with Gasteiger partial charge in [-0.25, -0.2) is 33.7 Å². The standard InChI is InChI=1S/C23H30F2N8O/c1-6-17(22(34)32-10-13(3)23(24,25)14(4)11-32)30-19-18-21(29-12-28-19)33(7-2)20(31-18)16-8-26-15(5)27-9-16/h8-9,12-14,17H,6-7,10-11H2,1-5H3,(H,28,29,30)/t13-,14+,17?. The summed E-state index contributed by atoms with van der Waals surface area (Å²) in [6, 6.07) is -0.623. The quantitative estimate of drug-likeness (QED) is 0.585. The molecule has 182 valence electrons. The number of carbonyl (C=O) groups is 1. The van der Waals surface area contributed by atoms with Gasteiger partial charge in [0.25, 0.3) is 5.92 Å². The van der Waals surface area contributed by atoms with Crippen molar-refractivity contribution in [2.24, 2.45) is 11.8 Å². The van der Waals surface area contributed by atoms with Crippen LogP contribution in [0, 0.1) is 18.8 Å². The number of hydrogen-bond donors (Lipinski definition) is 1. The van der Waals surface area contributed by atoms with Gasteiger partial charge in [-0.1, -0.05) is 20.8 Å². The molecule has 1 aliphatic heterocycles. The van der Waals surface area contributed by atoms with E-state index in [0.29, 0.717) is 41.6 Å². The SMILES string of the molecule is CCC(Nc1ncnc2c1nc(-c1cnc(C)nc1)n2CC)C(=O)N1C[C@@H](C)C(F)(F)[C@@H](C)C1. The average Bonchev–Trinajstić information content (AvgIpc) is 3.20. The van der Waals surface area contributed by atoms with Gasteiger partial charge < -0.3 is 14.8 Å². The van der Waals surface area contributed by atoms with Crippen molar-refractivity contribution < 1.29 is 13.6 Å². The van der Waals surface area contributed by atoms with Gasteiger partial charge in [0.2, 0.25) is 5.91 Å². The van der Waals surface area contributed by atoms with Crippen LogP contribution in [0.25, 0.3) is 22.6 Å². The van der Waals surface area contributed by atoms with E-state index < -0.39 is 23.8 Å². The molecule has 9 nitrogen and oxygen atoms in total. The number of halogens is 2. The van der Waals surface area contributed by atoms with E-state index in [0.717, 1.165) is 5.56 Å². The minimum atomic E-state index is -2.78. The van der Waals surface area contributed by atoms with Crippen LogP contribution in [0.15, 0.2) is 18.7 Å². The van der Waals surface area contributed by atoms with Gasteiger partial charge in [-0.15, -0.1) is 0 Å². The molecule has 0 radical (unpaired) electrons. The van der Waals surface area contributed by atoms with E-state index >= 15 is 0 Å². The predicted octanol–water partition coefficient (Wildman–Crippen LogP) is 3.55. The number of alkyl halides is 2. The number of nitrogens with zero attached hydrogens (tertiary/aromatic N) is 7. The monoisotopic (exact) mass is 472 g/mol. The van der Waals surface area contributed by atoms with E-state index in [2.05, 4.69) is 25.3 Å². The van der Waals surface area contributed by atoms with Crippen molar-refractivity contribution in [3.63, 3.8) is 0 Å². The Morgan fingerprint density at radius 1 is 1.15 bits per heavy atom. The van der Waals surface area contributed by atoms with E-state index in [-0.39, 0.29) is 19.0 Å². The van der Waals surface area contributed by atoms with Crippen molar-refractivity contribution in [3.05, 3.63) is 24.5 Å². The summed E-state index contributed by atoms with van der Waals surface area (Å²) in [6.45, 7) is 9.32. The smallest absolute Gasteiger partial charge is 0.256 e. The van der Waals surface area contributed by atoms with Gasteiger partial charge in [0.05, 0.1) is 5.56 Å². The van der Waals surface area contributed by atoms with Crippen molar-refractivity contribution >= 4 is 22.9 Å². The van der Waals surface area contributed by atoms with Crippen LogP contribution in [0.3, 0.4) is 0 Å². The number of likely N-dealkylation sites (tertiary alicyclic amines) is 1. The molecule has 4 rings (SSSR count). The maximum atomic E-state index is 14.3. The summed E-state index contributed by atoms with van der Waals surface area (Å²) >= 11 is 0. The van der Waals surface area contributed by atoms with Crippen LogP contribution in [-0.2, 0) is 11.3 Å². The zero-order valence-electron chi connectivity index (χ0n) is 20.1. The second-order valence-electron chi connectivity index (χ2n) is 8.92. The van der Waals surface area contributed by atoms with Crippen LogP contribution in [0.2, 0.25) is 0 Å². The molecule has 3 aromatic heterocycles. The highest BCUT2D eigenvalue weighted by molar-refractivity contribution is 5.90. The zero-order chi connectivity index (χ0) is 24.6. The van der Waals surface area contributed by atoms with Crippen molar-refractivity contribution in [2.45, 2.75) is 59.5 Å². The van der Waals surface area contributed by atoms with Gasteiger partial charge in [-0.05, 0) is 20.3 Å². The minimum absolute atomic E-state index is 0.0234. The molecule has 1 saturated heterocycles. The van der Waals surface area contributed by atoms with Gasteiger partial charge in [-0.3, -0.25) is 4.79 Å². The lowest BCUT2D eigenvalue weighted by atomic mass is 9.87. The molecule has 11 heteroatoms. The number of nitrogens with one attached hydrogen (secondary N) is 1. The number of aryl methyl sites for hydroxylation is 2. The van der Waals surface area contributed by atoms with Crippen LogP contribution in [-0.4, -0.2) is 65.3 Å². The lowest BCUT2D eigenvalue weighted by Crippen LogP contribution is -2.56. The summed E-state index contributed by atoms with van der Waals surface area (Å²) in [5.74, 6) is -3.06. The fourth-order valence-electron chi connectivity index (χ4n) is 4.44. The van der Waals surface area contributed by atoms with Crippen LogP contribution < -0.4 is 5.32 Å². The molecule has 4 heterocycles. The van der Waals surface area contributed by atoms with E-state index in [4.69, 9.17) is 4.98 Å². The Morgan fingerprint density at radius 3 is 2.38 bits per heavy atom. The molecule has 34 heavy (non-hydrogen) atoms. The van der Waals surface area contributed by atoms with Gasteiger partial charge in [0, 0.05) is 43.9 Å². The Balaban J connectivity index is 1.64. The molecule has 0 aliphatic carbocycles. The molecule has 1 amide bonds. The molecule has 1 aliphatic rings. The minimum Gasteiger partial charge on any atom is -0.356 e. The summed E-state index contributed by atoms with van der Waals surface area (Å²) < 4.78 is 30.5. The molecule has 0 saturated carbocycles. The van der Waals surface area contributed by atoms with Crippen molar-refractivity contribution in [3.8, 4) is 11.4 Å². The molecule has 0 bridgehead atoms. The maximum Gasteiger partial charge on any atom is 0.256 e. The normalized spacial score (nSPS) is 21.0. The lowest BCUT2D eigenvalue weighted by Gasteiger charge is -2.42. The first kappa shape index (κ1) is 23.9. The first-order valence-corrected chi connectivity index (χ1v) is 11.6. The molecule has 3 atom stereocenters. The van der Waals surface area contributed by atoms with Crippen molar-refractivity contribution in [1.82, 2.24) is 34.4 Å². The number of piperidine rings is 1. The highest BCUT2D eigenvalue weighted by Crippen LogP contribution is 2.38. The lowest BCUT2D eigenvalue weighted by molar-refractivity contribution is -0.158. The first-order valence-electron chi connectivity index (χ1n) is 11.6. The van der Waals surface area contributed by atoms with E-state index in [1.54, 1.807) is 12.4 Å². The second kappa shape index (κ2) is 9.19. The Kier molecular flexibility index (Phi) is 6.46. The number of amides is 1. The molecule has 0 spiro atoms. The Hall–Kier alpha value is -3.24. The first-order chi connectivity index (χ1) is 16.2. The number of imidazole rings is 1. The third-order valence-corrected chi connectivity index (χ3v) is 6.52. The fourth-order valence-corrected chi connectivity index (χ4v) is 4.44. The number of carbonyl (C=O) groups excluding carboxylic acids is 1. The Bertz CT molecular complexity index is 1170. The van der Waals surface area contributed by atoms with Gasteiger partial charge >= 0.3 is 0 Å². The summed E-state index contributed by atoms with van der Waals surface area (Å²) in [5.41, 5.74) is 1.90. The predicted molar refractivity (Wildman–Crippen MR) is 124 cm³/mol. The summed E-state index contributed by atoms with van der Waals surface area (Å²) in [4.78, 5) is 36.9. The topological polar surface area (TPSA) is 102 Å². The van der Waals surface area contributed by atoms with Crippen LogP contribution in [0.5, 0.6) is 0 Å². The average molecular weight is 473 g/mol. The summed E-state index contributed by atoms with van der Waals surface area (Å²) in [7, 11) is 0.